The number of esters is 1. The third-order valence-electron chi connectivity index (χ3n) is 5.05. The monoisotopic (exact) mass is 500 g/mol. The van der Waals surface area contributed by atoms with Crippen molar-refractivity contribution in [3.05, 3.63) is 12.2 Å². The van der Waals surface area contributed by atoms with E-state index in [9.17, 15) is 24.0 Å². The molecular formula is C21H32N4O6S2. The Bertz CT molecular complexity index is 791. The molecule has 0 unspecified atom stereocenters. The Hall–Kier alpha value is -2.21. The first kappa shape index (κ1) is 27.0. The molecule has 33 heavy (non-hydrogen) atoms. The van der Waals surface area contributed by atoms with Crippen LogP contribution in [0, 0.1) is 5.92 Å². The van der Waals surface area contributed by atoms with Gasteiger partial charge in [-0.05, 0) is 32.3 Å². The molecule has 2 bridgehead atoms. The molecule has 4 amide bonds. The zero-order chi connectivity index (χ0) is 24.5. The van der Waals surface area contributed by atoms with Crippen molar-refractivity contribution in [2.24, 2.45) is 5.92 Å². The molecule has 1 fully saturated rings. The third kappa shape index (κ3) is 8.58. The Morgan fingerprint density at radius 3 is 2.33 bits per heavy atom. The number of nitrogens with one attached hydrogen (secondary N) is 4. The summed E-state index contributed by atoms with van der Waals surface area (Å²) < 4.78 is 5.47. The Labute approximate surface area is 201 Å². The van der Waals surface area contributed by atoms with E-state index in [-0.39, 0.29) is 18.1 Å². The molecule has 10 nitrogen and oxygen atoms in total. The van der Waals surface area contributed by atoms with E-state index in [1.165, 1.54) is 35.4 Å². The fraction of sp³-hybridized carbons (Fsp3) is 0.667. The van der Waals surface area contributed by atoms with Crippen molar-refractivity contribution in [1.82, 2.24) is 21.3 Å². The molecule has 184 valence electrons. The number of hydrogen-bond donors (Lipinski definition) is 4. The molecule has 12 heteroatoms. The average Bonchev–Trinajstić information content (AvgIpc) is 2.73. The second-order valence-electron chi connectivity index (χ2n) is 8.31. The second-order valence-corrected chi connectivity index (χ2v) is 10.9. The molecular weight excluding hydrogens is 468 g/mol. The van der Waals surface area contributed by atoms with Crippen molar-refractivity contribution in [3.63, 3.8) is 0 Å². The summed E-state index contributed by atoms with van der Waals surface area (Å²) in [5.41, 5.74) is 0. The Morgan fingerprint density at radius 2 is 1.64 bits per heavy atom. The number of amides is 4. The lowest BCUT2D eigenvalue weighted by Gasteiger charge is -2.27. The summed E-state index contributed by atoms with van der Waals surface area (Å²) in [5, 5.41) is 10.5. The lowest BCUT2D eigenvalue weighted by Crippen LogP contribution is -2.59. The van der Waals surface area contributed by atoms with Gasteiger partial charge < -0.3 is 26.0 Å². The van der Waals surface area contributed by atoms with Gasteiger partial charge in [-0.25, -0.2) is 4.79 Å². The van der Waals surface area contributed by atoms with Crippen molar-refractivity contribution in [3.8, 4) is 0 Å². The number of rotatable bonds is 1. The molecule has 0 aromatic heterocycles. The van der Waals surface area contributed by atoms with Gasteiger partial charge in [0.2, 0.25) is 23.6 Å². The Balaban J connectivity index is 2.44. The van der Waals surface area contributed by atoms with Gasteiger partial charge in [-0.15, -0.1) is 0 Å². The van der Waals surface area contributed by atoms with Crippen molar-refractivity contribution in [2.45, 2.75) is 70.8 Å². The molecule has 2 aliphatic heterocycles. The van der Waals surface area contributed by atoms with Crippen LogP contribution in [-0.4, -0.2) is 71.4 Å². The number of hydrogen-bond acceptors (Lipinski definition) is 8. The second kappa shape index (κ2) is 12.9. The minimum absolute atomic E-state index is 0.180. The molecule has 0 saturated carbocycles. The fourth-order valence-electron chi connectivity index (χ4n) is 3.12. The minimum Gasteiger partial charge on any atom is -0.456 e. The van der Waals surface area contributed by atoms with E-state index in [1.807, 2.05) is 6.08 Å². The third-order valence-corrected chi connectivity index (χ3v) is 7.50. The van der Waals surface area contributed by atoms with E-state index in [4.69, 9.17) is 4.74 Å². The van der Waals surface area contributed by atoms with Gasteiger partial charge in [-0.1, -0.05) is 41.5 Å². The molecule has 0 aromatic carbocycles. The van der Waals surface area contributed by atoms with Gasteiger partial charge in [-0.2, -0.15) is 0 Å². The van der Waals surface area contributed by atoms with Crippen LogP contribution in [-0.2, 0) is 28.7 Å². The topological polar surface area (TPSA) is 143 Å². The first-order valence-electron chi connectivity index (χ1n) is 10.9. The van der Waals surface area contributed by atoms with Crippen molar-refractivity contribution in [2.75, 3.05) is 11.5 Å². The van der Waals surface area contributed by atoms with Crippen molar-refractivity contribution >= 4 is 51.2 Å². The number of ether oxygens (including phenoxy) is 1. The lowest BCUT2D eigenvalue weighted by molar-refractivity contribution is -0.152. The molecule has 5 atom stereocenters. The highest BCUT2D eigenvalue weighted by atomic mass is 33.1. The summed E-state index contributed by atoms with van der Waals surface area (Å²) in [6.07, 6.45) is 3.10. The number of carbonyl (C=O) groups excluding carboxylic acids is 5. The first-order chi connectivity index (χ1) is 15.6. The Morgan fingerprint density at radius 1 is 0.909 bits per heavy atom. The zero-order valence-corrected chi connectivity index (χ0v) is 20.8. The molecule has 4 N–H and O–H groups in total. The van der Waals surface area contributed by atoms with Crippen LogP contribution in [0.4, 0.5) is 0 Å². The molecule has 2 heterocycles. The van der Waals surface area contributed by atoms with Crippen LogP contribution in [0.5, 0.6) is 0 Å². The molecule has 2 rings (SSSR count). The van der Waals surface area contributed by atoms with Crippen LogP contribution in [0.3, 0.4) is 0 Å². The molecule has 0 radical (unpaired) electrons. The van der Waals surface area contributed by atoms with E-state index in [0.717, 1.165) is 5.75 Å². The molecule has 0 spiro atoms. The quantitative estimate of drug-likeness (QED) is 0.228. The molecule has 2 aliphatic rings. The van der Waals surface area contributed by atoms with Gasteiger partial charge in [0.1, 0.15) is 30.3 Å². The zero-order valence-electron chi connectivity index (χ0n) is 19.2. The van der Waals surface area contributed by atoms with Gasteiger partial charge in [-0.3, -0.25) is 19.2 Å². The van der Waals surface area contributed by atoms with E-state index in [0.29, 0.717) is 6.42 Å². The van der Waals surface area contributed by atoms with Crippen molar-refractivity contribution < 1.29 is 28.7 Å². The van der Waals surface area contributed by atoms with E-state index >= 15 is 0 Å². The highest BCUT2D eigenvalue weighted by molar-refractivity contribution is 8.76. The smallest absolute Gasteiger partial charge is 0.328 e. The summed E-state index contributed by atoms with van der Waals surface area (Å²) >= 11 is 0. The predicted octanol–water partition coefficient (Wildman–Crippen LogP) is 0.278. The van der Waals surface area contributed by atoms with E-state index in [2.05, 4.69) is 21.3 Å². The van der Waals surface area contributed by atoms with Crippen molar-refractivity contribution in [1.29, 1.82) is 0 Å². The molecule has 1 saturated heterocycles. The fourth-order valence-corrected chi connectivity index (χ4v) is 5.28. The summed E-state index contributed by atoms with van der Waals surface area (Å²) in [5.74, 6) is -2.05. The van der Waals surface area contributed by atoms with Crippen LogP contribution in [0.1, 0.15) is 40.5 Å². The van der Waals surface area contributed by atoms with Crippen LogP contribution in [0.2, 0.25) is 0 Å². The maximum Gasteiger partial charge on any atom is 0.328 e. The highest BCUT2D eigenvalue weighted by Crippen LogP contribution is 2.23. The average molecular weight is 501 g/mol. The van der Waals surface area contributed by atoms with Crippen LogP contribution in [0.25, 0.3) is 0 Å². The van der Waals surface area contributed by atoms with E-state index in [1.54, 1.807) is 19.9 Å². The van der Waals surface area contributed by atoms with E-state index < -0.39 is 59.9 Å². The van der Waals surface area contributed by atoms with Crippen LogP contribution in [0.15, 0.2) is 12.2 Å². The number of fused-ring (bicyclic) bond motifs is 7. The summed E-state index contributed by atoms with van der Waals surface area (Å²) in [4.78, 5) is 63.7. The number of allylic oxidation sites excluding steroid dienone is 1. The number of carbonyl (C=O) groups is 5. The normalized spacial score (nSPS) is 32.0. The highest BCUT2D eigenvalue weighted by Gasteiger charge is 2.32. The molecule has 0 aromatic rings. The van der Waals surface area contributed by atoms with Gasteiger partial charge in [0.25, 0.3) is 0 Å². The van der Waals surface area contributed by atoms with Crippen LogP contribution >= 0.6 is 21.6 Å². The van der Waals surface area contributed by atoms with Gasteiger partial charge in [0.15, 0.2) is 0 Å². The van der Waals surface area contributed by atoms with Gasteiger partial charge >= 0.3 is 5.97 Å². The van der Waals surface area contributed by atoms with Gasteiger partial charge in [0.05, 0.1) is 6.42 Å². The van der Waals surface area contributed by atoms with Crippen LogP contribution < -0.4 is 21.3 Å². The summed E-state index contributed by atoms with van der Waals surface area (Å²) in [6, 6.07) is -3.72. The standard InChI is InChI=1S/C21H32N4O6S2/c1-11(2)17-20(29)23-13(4)21(30)31-14-7-5-6-8-32-33-10-15(19(28)25-17)24-18(27)12(3)22-16(26)9-14/h5,7,11-15,17H,6,8-10H2,1-4H3,(H,22,26)(H,23,29)(H,24,27)(H,25,28)/b7-5+/t12-,13-,14-,15-,17-/m1/s1. The lowest BCUT2D eigenvalue weighted by atomic mass is 10.0. The predicted molar refractivity (Wildman–Crippen MR) is 127 cm³/mol. The largest absolute Gasteiger partial charge is 0.456 e. The summed E-state index contributed by atoms with van der Waals surface area (Å²) in [6.45, 7) is 6.53. The van der Waals surface area contributed by atoms with Gasteiger partial charge in [0, 0.05) is 11.5 Å². The summed E-state index contributed by atoms with van der Waals surface area (Å²) in [7, 11) is 2.96. The Kier molecular flexibility index (Phi) is 10.6. The molecule has 0 aliphatic carbocycles. The minimum atomic E-state index is -0.987. The SMILES string of the molecule is CC(C)[C@H]1NC(=O)[C@H]2CSSCC/C=C/[C@H](CC(=O)N[C@H](C)C(=O)N2)OC(=O)[C@@H](C)NC1=O. The first-order valence-corrected chi connectivity index (χ1v) is 13.4. The maximum atomic E-state index is 13.0. The maximum absolute atomic E-state index is 13.0.